The van der Waals surface area contributed by atoms with E-state index in [1.54, 1.807) is 19.1 Å². The molecule has 9 heteroatoms. The Kier molecular flexibility index (Phi) is 4.99. The first kappa shape index (κ1) is 18.9. The number of amides is 2. The van der Waals surface area contributed by atoms with Gasteiger partial charge in [0.25, 0.3) is 11.8 Å². The van der Waals surface area contributed by atoms with Crippen LogP contribution in [0.3, 0.4) is 0 Å². The fourth-order valence-electron chi connectivity index (χ4n) is 2.79. The number of anilines is 1. The minimum absolute atomic E-state index is 0.0322. The molecule has 4 N–H and O–H groups in total. The molecule has 1 unspecified atom stereocenters. The van der Waals surface area contributed by atoms with Crippen molar-refractivity contribution in [1.82, 2.24) is 5.01 Å². The van der Waals surface area contributed by atoms with E-state index in [1.807, 2.05) is 0 Å². The van der Waals surface area contributed by atoms with Crippen LogP contribution in [0.25, 0.3) is 0 Å². The molecule has 0 saturated carbocycles. The molecule has 2 aromatic rings. The molecule has 3 rings (SSSR count). The van der Waals surface area contributed by atoms with Crippen molar-refractivity contribution in [2.24, 2.45) is 11.0 Å². The summed E-state index contributed by atoms with van der Waals surface area (Å²) in [5, 5.41) is 36.1. The number of carbonyl (C=O) groups is 3. The van der Waals surface area contributed by atoms with Crippen molar-refractivity contribution in [3.05, 3.63) is 53.6 Å². The third kappa shape index (κ3) is 3.50. The number of nitrogens with zero attached hydrogens (tertiary/aromatic N) is 2. The number of carboxylic acid groups (broad SMARTS) is 1. The predicted molar refractivity (Wildman–Crippen MR) is 99.4 cm³/mol. The number of aromatic carboxylic acids is 1. The van der Waals surface area contributed by atoms with Crippen LogP contribution in [0.4, 0.5) is 5.69 Å². The number of hydrazone groups is 1. The predicted octanol–water partition coefficient (Wildman–Crippen LogP) is 1.88. The quantitative estimate of drug-likeness (QED) is 0.578. The van der Waals surface area contributed by atoms with Gasteiger partial charge >= 0.3 is 5.97 Å². The molecule has 0 radical (unpaired) electrons. The van der Waals surface area contributed by atoms with Crippen LogP contribution in [0, 0.1) is 5.92 Å². The van der Waals surface area contributed by atoms with Crippen molar-refractivity contribution in [3.8, 4) is 11.5 Å². The van der Waals surface area contributed by atoms with E-state index >= 15 is 0 Å². The lowest BCUT2D eigenvalue weighted by Gasteiger charge is -2.15. The summed E-state index contributed by atoms with van der Waals surface area (Å²) in [6, 6.07) is 9.80. The zero-order chi connectivity index (χ0) is 20.4. The molecule has 28 heavy (non-hydrogen) atoms. The van der Waals surface area contributed by atoms with Crippen LogP contribution in [-0.4, -0.2) is 50.4 Å². The number of rotatable bonds is 5. The molecular weight excluding hydrogens is 366 g/mol. The van der Waals surface area contributed by atoms with Crippen LogP contribution in [0.15, 0.2) is 47.6 Å². The number of phenols is 2. The van der Waals surface area contributed by atoms with Gasteiger partial charge in [-0.05, 0) is 31.2 Å². The molecule has 2 aromatic carbocycles. The average molecular weight is 383 g/mol. The minimum Gasteiger partial charge on any atom is -0.507 e. The number of benzene rings is 2. The van der Waals surface area contributed by atoms with Gasteiger partial charge in [-0.1, -0.05) is 12.1 Å². The Balaban J connectivity index is 1.71. The van der Waals surface area contributed by atoms with Gasteiger partial charge in [-0.2, -0.15) is 10.1 Å². The summed E-state index contributed by atoms with van der Waals surface area (Å²) < 4.78 is 0. The van der Waals surface area contributed by atoms with Gasteiger partial charge in [0.1, 0.15) is 17.1 Å². The summed E-state index contributed by atoms with van der Waals surface area (Å²) in [6.45, 7) is 1.69. The van der Waals surface area contributed by atoms with Crippen LogP contribution in [-0.2, 0) is 4.79 Å². The zero-order valence-electron chi connectivity index (χ0n) is 14.8. The Morgan fingerprint density at radius 3 is 2.46 bits per heavy atom. The van der Waals surface area contributed by atoms with Crippen molar-refractivity contribution in [2.45, 2.75) is 6.92 Å². The summed E-state index contributed by atoms with van der Waals surface area (Å²) in [6.07, 6.45) is 0. The van der Waals surface area contributed by atoms with Gasteiger partial charge in [0, 0.05) is 18.3 Å². The van der Waals surface area contributed by atoms with Crippen molar-refractivity contribution in [1.29, 1.82) is 0 Å². The summed E-state index contributed by atoms with van der Waals surface area (Å²) in [7, 11) is 0. The van der Waals surface area contributed by atoms with Crippen molar-refractivity contribution in [3.63, 3.8) is 0 Å². The lowest BCUT2D eigenvalue weighted by Crippen LogP contribution is -2.35. The lowest BCUT2D eigenvalue weighted by molar-refractivity contribution is -0.128. The minimum atomic E-state index is -1.25. The third-order valence-electron chi connectivity index (χ3n) is 4.33. The molecule has 0 bridgehead atoms. The van der Waals surface area contributed by atoms with Gasteiger partial charge in [-0.25, -0.2) is 4.79 Å². The molecule has 2 amide bonds. The Bertz CT molecular complexity index is 1000. The van der Waals surface area contributed by atoms with Gasteiger partial charge in [0.15, 0.2) is 0 Å². The van der Waals surface area contributed by atoms with Crippen molar-refractivity contribution >= 4 is 29.2 Å². The zero-order valence-corrected chi connectivity index (χ0v) is 14.8. The number of imide groups is 1. The van der Waals surface area contributed by atoms with Gasteiger partial charge in [-0.15, -0.1) is 0 Å². The second-order valence-corrected chi connectivity index (χ2v) is 6.18. The molecule has 1 aliphatic heterocycles. The Labute approximate surface area is 159 Å². The number of phenolic OH excluding ortho intramolecular Hbond substituents is 1. The van der Waals surface area contributed by atoms with E-state index in [-0.39, 0.29) is 23.4 Å². The van der Waals surface area contributed by atoms with Crippen molar-refractivity contribution < 1.29 is 29.7 Å². The monoisotopic (exact) mass is 383 g/mol. The van der Waals surface area contributed by atoms with Crippen LogP contribution < -0.4 is 5.32 Å². The normalized spacial score (nSPS) is 16.0. The van der Waals surface area contributed by atoms with Gasteiger partial charge in [0.2, 0.25) is 0 Å². The maximum Gasteiger partial charge on any atom is 0.339 e. The van der Waals surface area contributed by atoms with Crippen LogP contribution in [0.5, 0.6) is 11.5 Å². The first-order valence-electron chi connectivity index (χ1n) is 8.31. The molecule has 0 saturated heterocycles. The van der Waals surface area contributed by atoms with Crippen LogP contribution >= 0.6 is 0 Å². The van der Waals surface area contributed by atoms with E-state index < -0.39 is 29.5 Å². The second kappa shape index (κ2) is 7.39. The number of carboxylic acids is 1. The lowest BCUT2D eigenvalue weighted by atomic mass is 10.0. The summed E-state index contributed by atoms with van der Waals surface area (Å²) >= 11 is 0. The third-order valence-corrected chi connectivity index (χ3v) is 4.33. The first-order chi connectivity index (χ1) is 13.3. The van der Waals surface area contributed by atoms with E-state index in [0.29, 0.717) is 11.4 Å². The number of para-hydroxylation sites is 1. The molecule has 0 aliphatic carbocycles. The van der Waals surface area contributed by atoms with Crippen LogP contribution in [0.2, 0.25) is 0 Å². The largest absolute Gasteiger partial charge is 0.507 e. The first-order valence-corrected chi connectivity index (χ1v) is 8.31. The number of hydrogen-bond acceptors (Lipinski definition) is 7. The van der Waals surface area contributed by atoms with Crippen LogP contribution in [0.1, 0.15) is 27.6 Å². The number of nitrogens with one attached hydrogen (secondary N) is 1. The molecule has 1 heterocycles. The molecule has 0 spiro atoms. The van der Waals surface area contributed by atoms with E-state index in [9.17, 15) is 24.6 Å². The molecule has 1 aliphatic rings. The SMILES string of the molecule is CC1=NN(C(=O)c2ccccc2O)C(=O)C1CNc1ccc(C(=O)O)c(O)c1. The van der Waals surface area contributed by atoms with E-state index in [4.69, 9.17) is 5.11 Å². The standard InChI is InChI=1S/C19H17N3O6/c1-10-14(9-20-11-6-7-13(19(27)28)16(24)8-11)18(26)22(21-10)17(25)12-4-2-3-5-15(12)23/h2-8,14,20,23-24H,9H2,1H3,(H,27,28). The molecule has 9 nitrogen and oxygen atoms in total. The Hall–Kier alpha value is -3.88. The van der Waals surface area contributed by atoms with Gasteiger partial charge in [-0.3, -0.25) is 9.59 Å². The fourth-order valence-corrected chi connectivity index (χ4v) is 2.79. The van der Waals surface area contributed by atoms with Gasteiger partial charge < -0.3 is 20.6 Å². The fraction of sp³-hybridized carbons (Fsp3) is 0.158. The van der Waals surface area contributed by atoms with Gasteiger partial charge in [0.05, 0.1) is 17.2 Å². The summed E-state index contributed by atoms with van der Waals surface area (Å²) in [4.78, 5) is 36.1. The Morgan fingerprint density at radius 1 is 1.11 bits per heavy atom. The maximum atomic E-state index is 12.6. The summed E-state index contributed by atoms with van der Waals surface area (Å²) in [5.74, 6) is -3.91. The molecule has 144 valence electrons. The highest BCUT2D eigenvalue weighted by Crippen LogP contribution is 2.25. The Morgan fingerprint density at radius 2 is 1.82 bits per heavy atom. The maximum absolute atomic E-state index is 12.6. The van der Waals surface area contributed by atoms with E-state index in [2.05, 4.69) is 10.4 Å². The topological polar surface area (TPSA) is 140 Å². The number of hydrogen-bond donors (Lipinski definition) is 4. The van der Waals surface area contributed by atoms with E-state index in [0.717, 1.165) is 5.01 Å². The molecular formula is C19H17N3O6. The van der Waals surface area contributed by atoms with E-state index in [1.165, 1.54) is 30.3 Å². The van der Waals surface area contributed by atoms with Crippen molar-refractivity contribution in [2.75, 3.05) is 11.9 Å². The molecule has 1 atom stereocenters. The molecule has 0 fully saturated rings. The number of aromatic hydroxyl groups is 2. The second-order valence-electron chi connectivity index (χ2n) is 6.18. The number of carbonyl (C=O) groups excluding carboxylic acids is 2. The highest BCUT2D eigenvalue weighted by atomic mass is 16.4. The average Bonchev–Trinajstić information content (AvgIpc) is 2.93. The highest BCUT2D eigenvalue weighted by Gasteiger charge is 2.38. The smallest absolute Gasteiger partial charge is 0.339 e. The summed E-state index contributed by atoms with van der Waals surface area (Å²) in [5.41, 5.74) is 0.552. The highest BCUT2D eigenvalue weighted by molar-refractivity contribution is 6.16. The molecule has 0 aromatic heterocycles.